The molecule has 1 atom stereocenters. The second-order valence-corrected chi connectivity index (χ2v) is 7.69. The normalized spacial score (nSPS) is 18.3. The van der Waals surface area contributed by atoms with E-state index in [0.29, 0.717) is 37.2 Å². The minimum absolute atomic E-state index is 0.0365. The van der Waals surface area contributed by atoms with Crippen LogP contribution in [0.1, 0.15) is 26.2 Å². The van der Waals surface area contributed by atoms with Crippen molar-refractivity contribution in [1.29, 1.82) is 0 Å². The number of sulfonamides is 1. The van der Waals surface area contributed by atoms with Crippen LogP contribution in [0.25, 0.3) is 0 Å². The van der Waals surface area contributed by atoms with Crippen LogP contribution < -0.4 is 16.4 Å². The fraction of sp³-hybridized carbons (Fsp3) is 0.467. The Bertz CT molecular complexity index is 720. The number of carbonyl (C=O) groups excluding carboxylic acids is 2. The fourth-order valence-corrected chi connectivity index (χ4v) is 4.50. The lowest BCUT2D eigenvalue weighted by Crippen LogP contribution is -2.44. The molecule has 3 amide bonds. The van der Waals surface area contributed by atoms with Crippen LogP contribution in [0.4, 0.5) is 16.2 Å². The number of nitrogens with one attached hydrogen (secondary N) is 2. The molecule has 1 heterocycles. The second kappa shape index (κ2) is 7.63. The van der Waals surface area contributed by atoms with Gasteiger partial charge in [-0.05, 0) is 37.5 Å². The van der Waals surface area contributed by atoms with Gasteiger partial charge in [0.2, 0.25) is 15.9 Å². The number of benzene rings is 1. The first kappa shape index (κ1) is 18.2. The van der Waals surface area contributed by atoms with Gasteiger partial charge in [-0.1, -0.05) is 13.0 Å². The Morgan fingerprint density at radius 2 is 1.96 bits per heavy atom. The number of hydrogen-bond donors (Lipinski definition) is 3. The van der Waals surface area contributed by atoms with Gasteiger partial charge in [-0.25, -0.2) is 13.2 Å². The molecule has 9 heteroatoms. The van der Waals surface area contributed by atoms with E-state index in [1.807, 2.05) is 0 Å². The topological polar surface area (TPSA) is 122 Å². The summed E-state index contributed by atoms with van der Waals surface area (Å²) in [6.07, 6.45) is 1.66. The number of rotatable bonds is 6. The average molecular weight is 354 g/mol. The number of amides is 3. The number of nitrogens with zero attached hydrogens (tertiary/aromatic N) is 1. The van der Waals surface area contributed by atoms with Gasteiger partial charge < -0.3 is 16.4 Å². The zero-order chi connectivity index (χ0) is 17.7. The molecule has 1 aromatic carbocycles. The Labute approximate surface area is 141 Å². The van der Waals surface area contributed by atoms with Crippen LogP contribution >= 0.6 is 0 Å². The molecule has 0 bridgehead atoms. The van der Waals surface area contributed by atoms with Crippen LogP contribution in [-0.2, 0) is 14.8 Å². The van der Waals surface area contributed by atoms with Crippen molar-refractivity contribution in [2.45, 2.75) is 32.2 Å². The summed E-state index contributed by atoms with van der Waals surface area (Å²) in [4.78, 5) is 23.4. The molecule has 24 heavy (non-hydrogen) atoms. The van der Waals surface area contributed by atoms with Gasteiger partial charge in [-0.2, -0.15) is 4.31 Å². The number of nitrogens with two attached hydrogens (primary N) is 1. The summed E-state index contributed by atoms with van der Waals surface area (Å²) >= 11 is 0. The predicted octanol–water partition coefficient (Wildman–Crippen LogP) is 1.32. The maximum atomic E-state index is 12.5. The lowest BCUT2D eigenvalue weighted by atomic mass is 10.2. The average Bonchev–Trinajstić information content (AvgIpc) is 2.97. The van der Waals surface area contributed by atoms with Crippen molar-refractivity contribution in [3.05, 3.63) is 24.3 Å². The lowest BCUT2D eigenvalue weighted by molar-refractivity contribution is -0.119. The van der Waals surface area contributed by atoms with Crippen molar-refractivity contribution in [3.8, 4) is 0 Å². The monoisotopic (exact) mass is 354 g/mol. The molecule has 132 valence electrons. The molecule has 1 aromatic rings. The van der Waals surface area contributed by atoms with E-state index >= 15 is 0 Å². The summed E-state index contributed by atoms with van der Waals surface area (Å²) in [7, 11) is -3.42. The molecule has 8 nitrogen and oxygen atoms in total. The summed E-state index contributed by atoms with van der Waals surface area (Å²) in [6.45, 7) is 2.16. The van der Waals surface area contributed by atoms with Gasteiger partial charge in [-0.3, -0.25) is 4.79 Å². The van der Waals surface area contributed by atoms with Gasteiger partial charge >= 0.3 is 6.03 Å². The van der Waals surface area contributed by atoms with Gasteiger partial charge in [-0.15, -0.1) is 0 Å². The molecule has 1 saturated heterocycles. The third kappa shape index (κ3) is 4.45. The summed E-state index contributed by atoms with van der Waals surface area (Å²) in [6, 6.07) is 5.10. The number of hydrogen-bond acceptors (Lipinski definition) is 4. The quantitative estimate of drug-likeness (QED) is 0.713. The van der Waals surface area contributed by atoms with Crippen molar-refractivity contribution in [3.63, 3.8) is 0 Å². The first-order valence-electron chi connectivity index (χ1n) is 7.80. The molecular weight excluding hydrogens is 332 g/mol. The van der Waals surface area contributed by atoms with Crippen molar-refractivity contribution in [2.75, 3.05) is 22.9 Å². The van der Waals surface area contributed by atoms with Crippen molar-refractivity contribution < 1.29 is 18.0 Å². The number of carbonyl (C=O) groups is 2. The third-order valence-electron chi connectivity index (χ3n) is 3.72. The predicted molar refractivity (Wildman–Crippen MR) is 92.1 cm³/mol. The first-order chi connectivity index (χ1) is 11.3. The van der Waals surface area contributed by atoms with Gasteiger partial charge in [0, 0.05) is 17.9 Å². The number of anilines is 2. The van der Waals surface area contributed by atoms with Crippen molar-refractivity contribution in [1.82, 2.24) is 4.31 Å². The number of urea groups is 1. The Morgan fingerprint density at radius 1 is 1.29 bits per heavy atom. The lowest BCUT2D eigenvalue weighted by Gasteiger charge is -2.23. The van der Waals surface area contributed by atoms with E-state index < -0.39 is 22.1 Å². The smallest absolute Gasteiger partial charge is 0.316 e. The molecule has 1 unspecified atom stereocenters. The van der Waals surface area contributed by atoms with Crippen molar-refractivity contribution >= 4 is 33.3 Å². The molecule has 0 aliphatic carbocycles. The minimum atomic E-state index is -3.42. The van der Waals surface area contributed by atoms with Gasteiger partial charge in [0.1, 0.15) is 6.04 Å². The SMILES string of the molecule is CCCS(=O)(=O)N1CCCC1C(=O)Nc1cccc(NC(N)=O)c1. The molecule has 1 aliphatic rings. The van der Waals surface area contributed by atoms with Crippen LogP contribution in [0.5, 0.6) is 0 Å². The fourth-order valence-electron chi connectivity index (χ4n) is 2.75. The molecule has 1 aliphatic heterocycles. The summed E-state index contributed by atoms with van der Waals surface area (Å²) in [5.74, 6) is -0.335. The zero-order valence-electron chi connectivity index (χ0n) is 13.5. The third-order valence-corrected chi connectivity index (χ3v) is 5.80. The van der Waals surface area contributed by atoms with E-state index in [9.17, 15) is 18.0 Å². The maximum Gasteiger partial charge on any atom is 0.316 e. The Hall–Kier alpha value is -2.13. The molecule has 2 rings (SSSR count). The van der Waals surface area contributed by atoms with Crippen LogP contribution in [0.2, 0.25) is 0 Å². The van der Waals surface area contributed by atoms with Gasteiger partial charge in [0.05, 0.1) is 5.75 Å². The Morgan fingerprint density at radius 3 is 2.58 bits per heavy atom. The highest BCUT2D eigenvalue weighted by Crippen LogP contribution is 2.24. The molecule has 1 fully saturated rings. The standard InChI is InChI=1S/C15H22N4O4S/c1-2-9-24(22,23)19-8-4-7-13(19)14(20)17-11-5-3-6-12(10-11)18-15(16)21/h3,5-6,10,13H,2,4,7-9H2,1H3,(H,17,20)(H3,16,18,21). The van der Waals surface area contributed by atoms with E-state index in [-0.39, 0.29) is 11.7 Å². The molecular formula is C15H22N4O4S. The van der Waals surface area contributed by atoms with Crippen LogP contribution in [0.15, 0.2) is 24.3 Å². The Kier molecular flexibility index (Phi) is 5.79. The minimum Gasteiger partial charge on any atom is -0.351 e. The van der Waals surface area contributed by atoms with E-state index in [0.717, 1.165) is 0 Å². The molecule has 4 N–H and O–H groups in total. The van der Waals surface area contributed by atoms with E-state index in [4.69, 9.17) is 5.73 Å². The zero-order valence-corrected chi connectivity index (χ0v) is 14.3. The highest BCUT2D eigenvalue weighted by atomic mass is 32.2. The maximum absolute atomic E-state index is 12.5. The summed E-state index contributed by atoms with van der Waals surface area (Å²) in [5, 5.41) is 5.12. The van der Waals surface area contributed by atoms with Crippen LogP contribution in [0.3, 0.4) is 0 Å². The molecule has 0 aromatic heterocycles. The number of primary amides is 1. The first-order valence-corrected chi connectivity index (χ1v) is 9.41. The largest absolute Gasteiger partial charge is 0.351 e. The van der Waals surface area contributed by atoms with Crippen LogP contribution in [-0.4, -0.2) is 43.0 Å². The summed E-state index contributed by atoms with van der Waals surface area (Å²) in [5.41, 5.74) is 5.97. The molecule has 0 radical (unpaired) electrons. The highest BCUT2D eigenvalue weighted by Gasteiger charge is 2.38. The van der Waals surface area contributed by atoms with E-state index in [1.165, 1.54) is 4.31 Å². The van der Waals surface area contributed by atoms with Crippen molar-refractivity contribution in [2.24, 2.45) is 5.73 Å². The van der Waals surface area contributed by atoms with E-state index in [2.05, 4.69) is 10.6 Å². The van der Waals surface area contributed by atoms with E-state index in [1.54, 1.807) is 31.2 Å². The van der Waals surface area contributed by atoms with Gasteiger partial charge in [0.15, 0.2) is 0 Å². The van der Waals surface area contributed by atoms with Gasteiger partial charge in [0.25, 0.3) is 0 Å². The molecule has 0 spiro atoms. The Balaban J connectivity index is 2.10. The second-order valence-electron chi connectivity index (χ2n) is 5.64. The summed E-state index contributed by atoms with van der Waals surface area (Å²) < 4.78 is 25.8. The molecule has 0 saturated carbocycles. The van der Waals surface area contributed by atoms with Crippen LogP contribution in [0, 0.1) is 0 Å². The highest BCUT2D eigenvalue weighted by molar-refractivity contribution is 7.89.